The standard InChI is InChI=1S/C9H18N2O2/c1-8(2)10(3)9(12)11-4-6-13-7-5-11/h8H,4-7H2,1-3H3. The molecule has 2 amide bonds. The molecule has 4 nitrogen and oxygen atoms in total. The third-order valence-corrected chi connectivity index (χ3v) is 2.36. The van der Waals surface area contributed by atoms with Crippen LogP contribution in [0.3, 0.4) is 0 Å². The van der Waals surface area contributed by atoms with Crippen LogP contribution in [0.2, 0.25) is 0 Å². The summed E-state index contributed by atoms with van der Waals surface area (Å²) < 4.78 is 5.18. The van der Waals surface area contributed by atoms with Crippen LogP contribution in [0.25, 0.3) is 0 Å². The Hall–Kier alpha value is -0.770. The van der Waals surface area contributed by atoms with Crippen LogP contribution in [0.4, 0.5) is 4.79 Å². The molecule has 1 aliphatic heterocycles. The number of carbonyl (C=O) groups is 1. The summed E-state index contributed by atoms with van der Waals surface area (Å²) in [4.78, 5) is 15.3. The van der Waals surface area contributed by atoms with E-state index in [0.717, 1.165) is 13.1 Å². The van der Waals surface area contributed by atoms with Gasteiger partial charge in [0.05, 0.1) is 13.2 Å². The molecule has 0 spiro atoms. The minimum absolute atomic E-state index is 0.110. The molecule has 1 aliphatic rings. The van der Waals surface area contributed by atoms with Crippen LogP contribution in [-0.4, -0.2) is 55.2 Å². The van der Waals surface area contributed by atoms with Gasteiger partial charge >= 0.3 is 6.03 Å². The van der Waals surface area contributed by atoms with E-state index in [9.17, 15) is 4.79 Å². The average Bonchev–Trinajstić information content (AvgIpc) is 2.17. The van der Waals surface area contributed by atoms with Crippen molar-refractivity contribution in [2.45, 2.75) is 19.9 Å². The monoisotopic (exact) mass is 186 g/mol. The molecule has 0 aromatic rings. The lowest BCUT2D eigenvalue weighted by Crippen LogP contribution is -2.48. The third kappa shape index (κ3) is 2.59. The Morgan fingerprint density at radius 2 is 1.92 bits per heavy atom. The molecule has 0 aromatic heterocycles. The van der Waals surface area contributed by atoms with Crippen LogP contribution in [0.15, 0.2) is 0 Å². The number of hydrogen-bond donors (Lipinski definition) is 0. The van der Waals surface area contributed by atoms with E-state index in [1.807, 2.05) is 25.8 Å². The van der Waals surface area contributed by atoms with Crippen molar-refractivity contribution in [3.05, 3.63) is 0 Å². The third-order valence-electron chi connectivity index (χ3n) is 2.36. The molecule has 1 heterocycles. The van der Waals surface area contributed by atoms with Gasteiger partial charge in [-0.1, -0.05) is 0 Å². The van der Waals surface area contributed by atoms with Crippen molar-refractivity contribution in [2.75, 3.05) is 33.4 Å². The van der Waals surface area contributed by atoms with E-state index in [2.05, 4.69) is 0 Å². The SMILES string of the molecule is CC(C)N(C)C(=O)N1CCOCC1. The summed E-state index contributed by atoms with van der Waals surface area (Å²) in [6.07, 6.45) is 0. The van der Waals surface area contributed by atoms with Gasteiger partial charge in [-0.15, -0.1) is 0 Å². The van der Waals surface area contributed by atoms with E-state index in [4.69, 9.17) is 4.74 Å². The fourth-order valence-electron chi connectivity index (χ4n) is 1.20. The summed E-state index contributed by atoms with van der Waals surface area (Å²) >= 11 is 0. The first-order valence-electron chi connectivity index (χ1n) is 4.72. The highest BCUT2D eigenvalue weighted by atomic mass is 16.5. The van der Waals surface area contributed by atoms with Crippen LogP contribution in [0, 0.1) is 0 Å². The number of ether oxygens (including phenoxy) is 1. The molecule has 13 heavy (non-hydrogen) atoms. The Morgan fingerprint density at radius 1 is 1.38 bits per heavy atom. The van der Waals surface area contributed by atoms with Crippen LogP contribution in [0.5, 0.6) is 0 Å². The fourth-order valence-corrected chi connectivity index (χ4v) is 1.20. The van der Waals surface area contributed by atoms with Gasteiger partial charge in [0.2, 0.25) is 0 Å². The Morgan fingerprint density at radius 3 is 2.38 bits per heavy atom. The largest absolute Gasteiger partial charge is 0.378 e. The number of carbonyl (C=O) groups excluding carboxylic acids is 1. The molecule has 1 rings (SSSR count). The molecule has 0 unspecified atom stereocenters. The number of amides is 2. The molecule has 0 bridgehead atoms. The maximum absolute atomic E-state index is 11.7. The molecule has 0 aromatic carbocycles. The second kappa shape index (κ2) is 4.46. The molecular formula is C9H18N2O2. The van der Waals surface area contributed by atoms with Crippen molar-refractivity contribution >= 4 is 6.03 Å². The Labute approximate surface area is 79.4 Å². The van der Waals surface area contributed by atoms with Gasteiger partial charge in [-0.25, -0.2) is 4.79 Å². The molecular weight excluding hydrogens is 168 g/mol. The summed E-state index contributed by atoms with van der Waals surface area (Å²) in [5.74, 6) is 0. The van der Waals surface area contributed by atoms with Gasteiger partial charge in [-0.3, -0.25) is 0 Å². The highest BCUT2D eigenvalue weighted by Crippen LogP contribution is 2.04. The van der Waals surface area contributed by atoms with Crippen LogP contribution >= 0.6 is 0 Å². The lowest BCUT2D eigenvalue weighted by molar-refractivity contribution is 0.0432. The second-order valence-corrected chi connectivity index (χ2v) is 3.59. The zero-order valence-corrected chi connectivity index (χ0v) is 8.62. The van der Waals surface area contributed by atoms with Gasteiger partial charge in [-0.05, 0) is 13.8 Å². The number of urea groups is 1. The lowest BCUT2D eigenvalue weighted by atomic mass is 10.3. The van der Waals surface area contributed by atoms with Gasteiger partial charge in [0.25, 0.3) is 0 Å². The van der Waals surface area contributed by atoms with Gasteiger partial charge in [0.15, 0.2) is 0 Å². The smallest absolute Gasteiger partial charge is 0.320 e. The van der Waals surface area contributed by atoms with Crippen molar-refractivity contribution in [3.63, 3.8) is 0 Å². The summed E-state index contributed by atoms with van der Waals surface area (Å²) in [6.45, 7) is 6.79. The van der Waals surface area contributed by atoms with Gasteiger partial charge in [0, 0.05) is 26.2 Å². The van der Waals surface area contributed by atoms with Crippen LogP contribution in [-0.2, 0) is 4.74 Å². The van der Waals surface area contributed by atoms with Crippen LogP contribution < -0.4 is 0 Å². The van der Waals surface area contributed by atoms with E-state index >= 15 is 0 Å². The maximum Gasteiger partial charge on any atom is 0.320 e. The molecule has 0 saturated carbocycles. The minimum Gasteiger partial charge on any atom is -0.378 e. The van der Waals surface area contributed by atoms with Crippen molar-refractivity contribution in [3.8, 4) is 0 Å². The quantitative estimate of drug-likeness (QED) is 0.606. The fraction of sp³-hybridized carbons (Fsp3) is 0.889. The number of rotatable bonds is 1. The van der Waals surface area contributed by atoms with E-state index < -0.39 is 0 Å². The predicted octanol–water partition coefficient (Wildman–Crippen LogP) is 0.779. The first-order chi connectivity index (χ1) is 6.13. The van der Waals surface area contributed by atoms with Gasteiger partial charge < -0.3 is 14.5 Å². The normalized spacial score (nSPS) is 17.7. The van der Waals surface area contributed by atoms with Crippen molar-refractivity contribution in [1.29, 1.82) is 0 Å². The van der Waals surface area contributed by atoms with E-state index in [-0.39, 0.29) is 12.1 Å². The van der Waals surface area contributed by atoms with E-state index in [1.54, 1.807) is 4.90 Å². The molecule has 1 fully saturated rings. The van der Waals surface area contributed by atoms with Crippen LogP contribution in [0.1, 0.15) is 13.8 Å². The zero-order chi connectivity index (χ0) is 9.84. The average molecular weight is 186 g/mol. The van der Waals surface area contributed by atoms with Crippen molar-refractivity contribution in [2.24, 2.45) is 0 Å². The summed E-state index contributed by atoms with van der Waals surface area (Å²) in [5.41, 5.74) is 0. The molecule has 0 radical (unpaired) electrons. The van der Waals surface area contributed by atoms with E-state index in [0.29, 0.717) is 13.2 Å². The molecule has 0 atom stereocenters. The Balaban J connectivity index is 2.45. The van der Waals surface area contributed by atoms with Crippen molar-refractivity contribution in [1.82, 2.24) is 9.80 Å². The summed E-state index contributed by atoms with van der Waals surface area (Å²) in [6, 6.07) is 0.369. The zero-order valence-electron chi connectivity index (χ0n) is 8.62. The Kier molecular flexibility index (Phi) is 3.54. The molecule has 0 N–H and O–H groups in total. The minimum atomic E-state index is 0.110. The lowest BCUT2D eigenvalue weighted by Gasteiger charge is -2.32. The molecule has 1 saturated heterocycles. The maximum atomic E-state index is 11.7. The topological polar surface area (TPSA) is 32.8 Å². The highest BCUT2D eigenvalue weighted by Gasteiger charge is 2.21. The summed E-state index contributed by atoms with van der Waals surface area (Å²) in [5, 5.41) is 0. The number of morpholine rings is 1. The molecule has 4 heteroatoms. The molecule has 0 aliphatic carbocycles. The number of hydrogen-bond acceptors (Lipinski definition) is 2. The van der Waals surface area contributed by atoms with Crippen molar-refractivity contribution < 1.29 is 9.53 Å². The first kappa shape index (κ1) is 10.3. The second-order valence-electron chi connectivity index (χ2n) is 3.59. The summed E-state index contributed by atoms with van der Waals surface area (Å²) in [7, 11) is 1.84. The Bertz CT molecular complexity index is 176. The van der Waals surface area contributed by atoms with Gasteiger partial charge in [0.1, 0.15) is 0 Å². The van der Waals surface area contributed by atoms with Gasteiger partial charge in [-0.2, -0.15) is 0 Å². The van der Waals surface area contributed by atoms with E-state index in [1.165, 1.54) is 0 Å². The number of nitrogens with zero attached hydrogens (tertiary/aromatic N) is 2. The molecule has 76 valence electrons. The highest BCUT2D eigenvalue weighted by molar-refractivity contribution is 5.74. The first-order valence-corrected chi connectivity index (χ1v) is 4.72. The predicted molar refractivity (Wildman–Crippen MR) is 50.7 cm³/mol.